The summed E-state index contributed by atoms with van der Waals surface area (Å²) >= 11 is 0. The highest BCUT2D eigenvalue weighted by Gasteiger charge is 2.23. The van der Waals surface area contributed by atoms with Crippen molar-refractivity contribution in [3.8, 4) is 0 Å². The molecule has 0 aromatic carbocycles. The van der Waals surface area contributed by atoms with Crippen molar-refractivity contribution < 1.29 is 5.11 Å². The van der Waals surface area contributed by atoms with Crippen LogP contribution in [0.2, 0.25) is 0 Å². The molecule has 0 radical (unpaired) electrons. The molecule has 1 fully saturated rings. The zero-order valence-electron chi connectivity index (χ0n) is 5.93. The van der Waals surface area contributed by atoms with Crippen LogP contribution in [0.15, 0.2) is 0 Å². The third-order valence-corrected chi connectivity index (χ3v) is 2.24. The van der Waals surface area contributed by atoms with Crippen LogP contribution >= 0.6 is 0 Å². The highest BCUT2D eigenvalue weighted by Crippen LogP contribution is 2.18. The van der Waals surface area contributed by atoms with E-state index in [0.29, 0.717) is 12.5 Å². The monoisotopic (exact) mass is 129 g/mol. The summed E-state index contributed by atoms with van der Waals surface area (Å²) in [5, 5.41) is 12.1. The van der Waals surface area contributed by atoms with Gasteiger partial charge in [0.25, 0.3) is 0 Å². The van der Waals surface area contributed by atoms with Gasteiger partial charge in [-0.25, -0.2) is 0 Å². The van der Waals surface area contributed by atoms with E-state index in [9.17, 15) is 0 Å². The molecule has 1 heterocycles. The first-order valence-corrected chi connectivity index (χ1v) is 3.70. The first-order valence-electron chi connectivity index (χ1n) is 3.70. The summed E-state index contributed by atoms with van der Waals surface area (Å²) < 4.78 is 0. The van der Waals surface area contributed by atoms with Crippen molar-refractivity contribution in [2.45, 2.75) is 13.3 Å². The van der Waals surface area contributed by atoms with E-state index >= 15 is 0 Å². The van der Waals surface area contributed by atoms with Gasteiger partial charge < -0.3 is 10.4 Å². The summed E-state index contributed by atoms with van der Waals surface area (Å²) in [6, 6.07) is 0. The van der Waals surface area contributed by atoms with Crippen LogP contribution in [0.4, 0.5) is 0 Å². The molecule has 2 nitrogen and oxygen atoms in total. The molecular weight excluding hydrogens is 114 g/mol. The lowest BCUT2D eigenvalue weighted by molar-refractivity contribution is 0.203. The zero-order valence-corrected chi connectivity index (χ0v) is 5.93. The molecule has 2 N–H and O–H groups in total. The number of nitrogens with one attached hydrogen (secondary N) is 1. The Morgan fingerprint density at radius 2 is 2.11 bits per heavy atom. The molecule has 0 aromatic heterocycles. The predicted molar refractivity (Wildman–Crippen MR) is 37.2 cm³/mol. The SMILES string of the molecule is CC[C@@H]1CNC[C@@H]1CO. The van der Waals surface area contributed by atoms with Gasteiger partial charge in [-0.2, -0.15) is 0 Å². The number of hydrogen-bond acceptors (Lipinski definition) is 2. The molecule has 1 saturated heterocycles. The Bertz CT molecular complexity index is 75.0. The van der Waals surface area contributed by atoms with Crippen LogP contribution in [-0.2, 0) is 0 Å². The summed E-state index contributed by atoms with van der Waals surface area (Å²) in [6.45, 7) is 4.64. The van der Waals surface area contributed by atoms with Crippen LogP contribution in [-0.4, -0.2) is 24.8 Å². The van der Waals surface area contributed by atoms with Gasteiger partial charge in [0.15, 0.2) is 0 Å². The predicted octanol–water partition coefficient (Wildman–Crippen LogP) is 0.224. The maximum absolute atomic E-state index is 8.83. The summed E-state index contributed by atoms with van der Waals surface area (Å²) in [4.78, 5) is 0. The van der Waals surface area contributed by atoms with Crippen molar-refractivity contribution in [3.05, 3.63) is 0 Å². The van der Waals surface area contributed by atoms with Gasteiger partial charge in [-0.05, 0) is 18.4 Å². The van der Waals surface area contributed by atoms with Crippen LogP contribution in [0, 0.1) is 11.8 Å². The molecule has 54 valence electrons. The van der Waals surface area contributed by atoms with Gasteiger partial charge in [-0.3, -0.25) is 0 Å². The van der Waals surface area contributed by atoms with Gasteiger partial charge >= 0.3 is 0 Å². The Kier molecular flexibility index (Phi) is 2.49. The minimum Gasteiger partial charge on any atom is -0.396 e. The lowest BCUT2D eigenvalue weighted by Crippen LogP contribution is -2.15. The second kappa shape index (κ2) is 3.18. The van der Waals surface area contributed by atoms with E-state index in [2.05, 4.69) is 12.2 Å². The van der Waals surface area contributed by atoms with Gasteiger partial charge in [0.1, 0.15) is 0 Å². The van der Waals surface area contributed by atoms with E-state index in [-0.39, 0.29) is 0 Å². The van der Waals surface area contributed by atoms with Crippen LogP contribution < -0.4 is 5.32 Å². The molecule has 0 spiro atoms. The summed E-state index contributed by atoms with van der Waals surface area (Å²) in [5.74, 6) is 1.24. The standard InChI is InChI=1S/C7H15NO/c1-2-6-3-8-4-7(6)5-9/h6-9H,2-5H2,1H3/t6-,7-/m1/s1. The first-order chi connectivity index (χ1) is 4.38. The molecule has 1 aliphatic heterocycles. The van der Waals surface area contributed by atoms with Gasteiger partial charge in [0.05, 0.1) is 0 Å². The molecule has 0 aromatic rings. The van der Waals surface area contributed by atoms with Crippen molar-refractivity contribution in [2.75, 3.05) is 19.7 Å². The average molecular weight is 129 g/mol. The quantitative estimate of drug-likeness (QED) is 0.559. The highest BCUT2D eigenvalue weighted by atomic mass is 16.3. The third-order valence-electron chi connectivity index (χ3n) is 2.24. The highest BCUT2D eigenvalue weighted by molar-refractivity contribution is 4.78. The Morgan fingerprint density at radius 3 is 2.56 bits per heavy atom. The van der Waals surface area contributed by atoms with E-state index < -0.39 is 0 Å². The minimum absolute atomic E-state index is 0.353. The fraction of sp³-hybridized carbons (Fsp3) is 1.00. The molecule has 0 bridgehead atoms. The Balaban J connectivity index is 2.32. The van der Waals surface area contributed by atoms with Crippen molar-refractivity contribution in [2.24, 2.45) is 11.8 Å². The first kappa shape index (κ1) is 7.03. The molecule has 0 aliphatic carbocycles. The molecule has 2 heteroatoms. The Hall–Kier alpha value is -0.0800. The topological polar surface area (TPSA) is 32.3 Å². The van der Waals surface area contributed by atoms with E-state index in [4.69, 9.17) is 5.11 Å². The van der Waals surface area contributed by atoms with Crippen molar-refractivity contribution >= 4 is 0 Å². The zero-order chi connectivity index (χ0) is 6.69. The maximum atomic E-state index is 8.83. The maximum Gasteiger partial charge on any atom is 0.0474 e. The number of aliphatic hydroxyl groups excluding tert-OH is 1. The van der Waals surface area contributed by atoms with Crippen LogP contribution in [0.3, 0.4) is 0 Å². The second-order valence-corrected chi connectivity index (χ2v) is 2.77. The lowest BCUT2D eigenvalue weighted by Gasteiger charge is -2.12. The average Bonchev–Trinajstić information content (AvgIpc) is 2.33. The molecule has 0 unspecified atom stereocenters. The van der Waals surface area contributed by atoms with Gasteiger partial charge in [-0.15, -0.1) is 0 Å². The van der Waals surface area contributed by atoms with Crippen LogP contribution in [0.25, 0.3) is 0 Å². The Labute approximate surface area is 56.3 Å². The number of hydrogen-bond donors (Lipinski definition) is 2. The van der Waals surface area contributed by atoms with E-state index in [1.807, 2.05) is 0 Å². The number of rotatable bonds is 2. The molecule has 2 atom stereocenters. The van der Waals surface area contributed by atoms with Crippen LogP contribution in [0.5, 0.6) is 0 Å². The third kappa shape index (κ3) is 1.43. The lowest BCUT2D eigenvalue weighted by atomic mass is 9.95. The second-order valence-electron chi connectivity index (χ2n) is 2.77. The van der Waals surface area contributed by atoms with E-state index in [1.54, 1.807) is 0 Å². The van der Waals surface area contributed by atoms with E-state index in [1.165, 1.54) is 6.42 Å². The fourth-order valence-corrected chi connectivity index (χ4v) is 1.48. The van der Waals surface area contributed by atoms with Gasteiger partial charge in [0.2, 0.25) is 0 Å². The molecule has 9 heavy (non-hydrogen) atoms. The van der Waals surface area contributed by atoms with Gasteiger partial charge in [-0.1, -0.05) is 13.3 Å². The van der Waals surface area contributed by atoms with Crippen molar-refractivity contribution in [1.29, 1.82) is 0 Å². The largest absolute Gasteiger partial charge is 0.396 e. The molecule has 0 amide bonds. The van der Waals surface area contributed by atoms with Crippen LogP contribution in [0.1, 0.15) is 13.3 Å². The Morgan fingerprint density at radius 1 is 1.44 bits per heavy atom. The fourth-order valence-electron chi connectivity index (χ4n) is 1.48. The normalized spacial score (nSPS) is 35.3. The minimum atomic E-state index is 0.353. The molecular formula is C7H15NO. The molecule has 1 aliphatic rings. The summed E-state index contributed by atoms with van der Waals surface area (Å²) in [6.07, 6.45) is 1.19. The van der Waals surface area contributed by atoms with Crippen molar-refractivity contribution in [1.82, 2.24) is 5.32 Å². The smallest absolute Gasteiger partial charge is 0.0474 e. The molecule has 1 rings (SSSR count). The van der Waals surface area contributed by atoms with Gasteiger partial charge in [0, 0.05) is 13.2 Å². The summed E-state index contributed by atoms with van der Waals surface area (Å²) in [5.41, 5.74) is 0. The molecule has 0 saturated carbocycles. The summed E-state index contributed by atoms with van der Waals surface area (Å²) in [7, 11) is 0. The van der Waals surface area contributed by atoms with Crippen molar-refractivity contribution in [3.63, 3.8) is 0 Å². The number of aliphatic hydroxyl groups is 1. The van der Waals surface area contributed by atoms with E-state index in [0.717, 1.165) is 19.0 Å².